The van der Waals surface area contributed by atoms with E-state index >= 15 is 0 Å². The minimum atomic E-state index is -0.457. The van der Waals surface area contributed by atoms with Crippen LogP contribution in [0.3, 0.4) is 0 Å². The van der Waals surface area contributed by atoms with Crippen molar-refractivity contribution in [3.05, 3.63) is 62.7 Å². The summed E-state index contributed by atoms with van der Waals surface area (Å²) < 4.78 is 3.21. The Morgan fingerprint density at radius 1 is 1.27 bits per heavy atom. The second-order valence-corrected chi connectivity index (χ2v) is 8.81. The molecular formula is C22H30N6O2. The molecule has 1 fully saturated rings. The van der Waals surface area contributed by atoms with Crippen LogP contribution in [0.2, 0.25) is 0 Å². The minimum absolute atomic E-state index is 0.362. The van der Waals surface area contributed by atoms with Crippen LogP contribution in [0, 0.1) is 12.8 Å². The maximum Gasteiger partial charge on any atom is 0.333 e. The lowest BCUT2D eigenvalue weighted by Crippen LogP contribution is -2.52. The van der Waals surface area contributed by atoms with Crippen molar-refractivity contribution in [1.29, 1.82) is 0 Å². The van der Waals surface area contributed by atoms with E-state index in [-0.39, 0.29) is 5.56 Å². The van der Waals surface area contributed by atoms with Gasteiger partial charge in [0, 0.05) is 56.7 Å². The number of nitrogens with zero attached hydrogens (tertiary/aromatic N) is 5. The standard InChI is InChI=1S/C22H30N6O2/c1-15(2)11-26-8-7-25(13-17(26)4)14-18-5-6-28-19(9-18)20(10-23-28)27-12-16(3)21(29)24-22(27)30/h5-6,9-10,12,15,17H,7-8,11,13-14H2,1-4H3,(H,24,29,30)/t17-/m0/s1. The Morgan fingerprint density at radius 2 is 2.07 bits per heavy atom. The maximum absolute atomic E-state index is 12.3. The molecule has 1 aliphatic rings. The Bertz CT molecular complexity index is 1160. The molecule has 0 bridgehead atoms. The predicted octanol–water partition coefficient (Wildman–Crippen LogP) is 1.64. The van der Waals surface area contributed by atoms with Gasteiger partial charge in [-0.1, -0.05) is 13.8 Å². The lowest BCUT2D eigenvalue weighted by Gasteiger charge is -2.40. The highest BCUT2D eigenvalue weighted by Gasteiger charge is 2.24. The molecule has 0 radical (unpaired) electrons. The second-order valence-electron chi connectivity index (χ2n) is 8.81. The number of piperazine rings is 1. The van der Waals surface area contributed by atoms with E-state index in [1.165, 1.54) is 10.1 Å². The van der Waals surface area contributed by atoms with Gasteiger partial charge in [-0.05, 0) is 37.5 Å². The molecule has 0 amide bonds. The highest BCUT2D eigenvalue weighted by Crippen LogP contribution is 2.19. The van der Waals surface area contributed by atoms with Crippen LogP contribution in [0.25, 0.3) is 11.2 Å². The number of aryl methyl sites for hydroxylation is 1. The topological polar surface area (TPSA) is 78.6 Å². The molecule has 0 saturated carbocycles. The number of aromatic nitrogens is 4. The summed E-state index contributed by atoms with van der Waals surface area (Å²) in [6, 6.07) is 4.70. The normalized spacial score (nSPS) is 18.5. The van der Waals surface area contributed by atoms with Crippen LogP contribution in [-0.4, -0.2) is 61.2 Å². The fraction of sp³-hybridized carbons (Fsp3) is 0.500. The molecule has 0 aliphatic carbocycles. The van der Waals surface area contributed by atoms with E-state index in [4.69, 9.17) is 0 Å². The lowest BCUT2D eigenvalue weighted by atomic mass is 10.1. The molecule has 0 unspecified atom stereocenters. The Labute approximate surface area is 175 Å². The van der Waals surface area contributed by atoms with E-state index in [0.717, 1.165) is 38.2 Å². The summed E-state index contributed by atoms with van der Waals surface area (Å²) in [5.74, 6) is 0.682. The first-order chi connectivity index (χ1) is 14.3. The lowest BCUT2D eigenvalue weighted by molar-refractivity contribution is 0.0702. The number of hydrogen-bond donors (Lipinski definition) is 1. The van der Waals surface area contributed by atoms with Crippen LogP contribution < -0.4 is 11.2 Å². The summed E-state index contributed by atoms with van der Waals surface area (Å²) in [6.45, 7) is 13.7. The number of rotatable bonds is 5. The highest BCUT2D eigenvalue weighted by atomic mass is 16.2. The number of fused-ring (bicyclic) bond motifs is 1. The van der Waals surface area contributed by atoms with Gasteiger partial charge in [-0.2, -0.15) is 5.10 Å². The molecule has 0 spiro atoms. The molecule has 1 atom stereocenters. The third-order valence-corrected chi connectivity index (χ3v) is 5.80. The van der Waals surface area contributed by atoms with Crippen molar-refractivity contribution in [2.45, 2.75) is 40.3 Å². The zero-order valence-corrected chi connectivity index (χ0v) is 18.1. The summed E-state index contributed by atoms with van der Waals surface area (Å²) in [5, 5.41) is 4.37. The van der Waals surface area contributed by atoms with E-state index < -0.39 is 5.69 Å². The van der Waals surface area contributed by atoms with Crippen molar-refractivity contribution < 1.29 is 0 Å². The zero-order chi connectivity index (χ0) is 21.4. The van der Waals surface area contributed by atoms with Gasteiger partial charge in [-0.15, -0.1) is 0 Å². The third-order valence-electron chi connectivity index (χ3n) is 5.80. The molecule has 1 aliphatic heterocycles. The van der Waals surface area contributed by atoms with Gasteiger partial charge in [0.1, 0.15) is 0 Å². The quantitative estimate of drug-likeness (QED) is 0.692. The number of nitrogens with one attached hydrogen (secondary N) is 1. The van der Waals surface area contributed by atoms with Crippen molar-refractivity contribution in [3.63, 3.8) is 0 Å². The van der Waals surface area contributed by atoms with Crippen LogP contribution in [0.5, 0.6) is 0 Å². The molecule has 3 aromatic heterocycles. The molecular weight excluding hydrogens is 380 g/mol. The van der Waals surface area contributed by atoms with E-state index in [0.29, 0.717) is 23.2 Å². The van der Waals surface area contributed by atoms with Crippen molar-refractivity contribution in [2.24, 2.45) is 5.92 Å². The van der Waals surface area contributed by atoms with Crippen LogP contribution in [0.1, 0.15) is 31.9 Å². The van der Waals surface area contributed by atoms with Gasteiger partial charge in [0.05, 0.1) is 17.4 Å². The Morgan fingerprint density at radius 3 is 2.80 bits per heavy atom. The average Bonchev–Trinajstić information content (AvgIpc) is 3.10. The first-order valence-electron chi connectivity index (χ1n) is 10.6. The van der Waals surface area contributed by atoms with Crippen molar-refractivity contribution in [2.75, 3.05) is 26.2 Å². The fourth-order valence-corrected chi connectivity index (χ4v) is 4.25. The van der Waals surface area contributed by atoms with Crippen molar-refractivity contribution in [3.8, 4) is 5.69 Å². The van der Waals surface area contributed by atoms with E-state index in [9.17, 15) is 9.59 Å². The number of H-pyrrole nitrogens is 1. The maximum atomic E-state index is 12.3. The Balaban J connectivity index is 1.58. The van der Waals surface area contributed by atoms with Gasteiger partial charge in [-0.3, -0.25) is 24.1 Å². The minimum Gasteiger partial charge on any atom is -0.298 e. The molecule has 1 saturated heterocycles. The molecule has 4 heterocycles. The molecule has 8 nitrogen and oxygen atoms in total. The average molecular weight is 411 g/mol. The monoisotopic (exact) mass is 410 g/mol. The van der Waals surface area contributed by atoms with Gasteiger partial charge in [0.25, 0.3) is 5.56 Å². The Kier molecular flexibility index (Phi) is 5.62. The summed E-state index contributed by atoms with van der Waals surface area (Å²) in [7, 11) is 0. The third kappa shape index (κ3) is 4.11. The molecule has 1 N–H and O–H groups in total. The number of hydrogen-bond acceptors (Lipinski definition) is 5. The van der Waals surface area contributed by atoms with Crippen molar-refractivity contribution in [1.82, 2.24) is 29.0 Å². The molecule has 8 heteroatoms. The second kappa shape index (κ2) is 8.20. The summed E-state index contributed by atoms with van der Waals surface area (Å²) in [6.07, 6.45) is 5.15. The zero-order valence-electron chi connectivity index (χ0n) is 18.1. The van der Waals surface area contributed by atoms with Crippen LogP contribution in [0.4, 0.5) is 0 Å². The van der Waals surface area contributed by atoms with Crippen LogP contribution in [-0.2, 0) is 6.54 Å². The highest BCUT2D eigenvalue weighted by molar-refractivity contribution is 5.64. The predicted molar refractivity (Wildman–Crippen MR) is 117 cm³/mol. The van der Waals surface area contributed by atoms with Gasteiger partial charge in [-0.25, -0.2) is 9.31 Å². The summed E-state index contributed by atoms with van der Waals surface area (Å²) >= 11 is 0. The number of pyridine rings is 1. The molecule has 3 aromatic rings. The molecule has 0 aromatic carbocycles. The summed E-state index contributed by atoms with van der Waals surface area (Å²) in [4.78, 5) is 31.5. The first-order valence-corrected chi connectivity index (χ1v) is 10.6. The molecule has 30 heavy (non-hydrogen) atoms. The van der Waals surface area contributed by atoms with Gasteiger partial charge in [0.2, 0.25) is 0 Å². The summed E-state index contributed by atoms with van der Waals surface area (Å²) in [5.41, 5.74) is 2.35. The largest absolute Gasteiger partial charge is 0.333 e. The van der Waals surface area contributed by atoms with E-state index in [1.54, 1.807) is 23.8 Å². The molecule has 4 rings (SSSR count). The van der Waals surface area contributed by atoms with E-state index in [1.807, 2.05) is 6.20 Å². The van der Waals surface area contributed by atoms with Crippen LogP contribution >= 0.6 is 0 Å². The Hall–Kier alpha value is -2.71. The first kappa shape index (κ1) is 20.6. The SMILES string of the molecule is Cc1cn(-c2cnn3ccc(CN4CCN(CC(C)C)[C@@H](C)C4)cc23)c(=O)[nH]c1=O. The smallest absolute Gasteiger partial charge is 0.298 e. The number of aromatic amines is 1. The fourth-order valence-electron chi connectivity index (χ4n) is 4.25. The van der Waals surface area contributed by atoms with Gasteiger partial charge >= 0.3 is 5.69 Å². The van der Waals surface area contributed by atoms with Gasteiger partial charge < -0.3 is 0 Å². The molecule has 160 valence electrons. The van der Waals surface area contributed by atoms with Crippen LogP contribution in [0.15, 0.2) is 40.3 Å². The van der Waals surface area contributed by atoms with Gasteiger partial charge in [0.15, 0.2) is 0 Å². The van der Waals surface area contributed by atoms with E-state index in [2.05, 4.69) is 52.8 Å². The van der Waals surface area contributed by atoms with Crippen molar-refractivity contribution >= 4 is 5.52 Å².